The first-order chi connectivity index (χ1) is 12.6. The lowest BCUT2D eigenvalue weighted by molar-refractivity contribution is -0.119. The molecule has 0 radical (unpaired) electrons. The molecule has 3 heterocycles. The number of rotatable bonds is 3. The minimum atomic E-state index is 0.0780. The number of hydrogen-bond acceptors (Lipinski definition) is 4. The summed E-state index contributed by atoms with van der Waals surface area (Å²) in [4.78, 5) is 21.2. The predicted octanol–water partition coefficient (Wildman–Crippen LogP) is 2.41. The Bertz CT molecular complexity index is 792. The summed E-state index contributed by atoms with van der Waals surface area (Å²) in [6, 6.07) is 10.8. The van der Waals surface area contributed by atoms with Gasteiger partial charge in [-0.2, -0.15) is 0 Å². The van der Waals surface area contributed by atoms with Crippen molar-refractivity contribution in [3.8, 4) is 0 Å². The largest absolute Gasteiger partial charge is 0.352 e. The van der Waals surface area contributed by atoms with E-state index < -0.39 is 0 Å². The molecule has 1 N–H and O–H groups in total. The summed E-state index contributed by atoms with van der Waals surface area (Å²) in [6.07, 6.45) is 5.31. The van der Waals surface area contributed by atoms with Gasteiger partial charge in [-0.15, -0.1) is 0 Å². The van der Waals surface area contributed by atoms with Crippen LogP contribution in [0.5, 0.6) is 0 Å². The van der Waals surface area contributed by atoms with Gasteiger partial charge in [0.15, 0.2) is 0 Å². The second-order valence-corrected chi connectivity index (χ2v) is 8.00. The van der Waals surface area contributed by atoms with Crippen molar-refractivity contribution < 1.29 is 4.79 Å². The predicted molar refractivity (Wildman–Crippen MR) is 104 cm³/mol. The van der Waals surface area contributed by atoms with E-state index >= 15 is 0 Å². The summed E-state index contributed by atoms with van der Waals surface area (Å²) in [6.45, 7) is 5.73. The third-order valence-corrected chi connectivity index (χ3v) is 6.16. The Morgan fingerprint density at radius 1 is 1.27 bits per heavy atom. The van der Waals surface area contributed by atoms with Crippen LogP contribution >= 0.6 is 0 Å². The van der Waals surface area contributed by atoms with Gasteiger partial charge < -0.3 is 10.2 Å². The lowest BCUT2D eigenvalue weighted by Crippen LogP contribution is -2.50. The first-order valence-electron chi connectivity index (χ1n) is 9.59. The average molecular weight is 352 g/mol. The van der Waals surface area contributed by atoms with E-state index in [1.165, 1.54) is 23.8 Å². The molecular formula is C21H28N4O. The van der Waals surface area contributed by atoms with Crippen molar-refractivity contribution in [2.24, 2.45) is 0 Å². The van der Waals surface area contributed by atoms with Crippen LogP contribution in [0.2, 0.25) is 0 Å². The standard InChI is InChI=1S/C21H28N4O/c1-16(26)23-18-13-21(8-11-24(2)12-9-21)25(15-18)14-17-7-10-22-20-6-4-3-5-19(17)20/h3-7,10,18H,8-9,11-15H2,1-2H3,(H,23,26)/t18-/m1/s1. The summed E-state index contributed by atoms with van der Waals surface area (Å²) in [5.41, 5.74) is 2.58. The van der Waals surface area contributed by atoms with Gasteiger partial charge in [0, 0.05) is 43.2 Å². The van der Waals surface area contributed by atoms with E-state index in [1.807, 2.05) is 12.3 Å². The molecule has 1 aromatic carbocycles. The van der Waals surface area contributed by atoms with E-state index in [0.29, 0.717) is 0 Å². The molecule has 1 amide bonds. The fourth-order valence-corrected chi connectivity index (χ4v) is 4.78. The Kier molecular flexibility index (Phi) is 4.67. The number of likely N-dealkylation sites (tertiary alicyclic amines) is 2. The molecule has 5 heteroatoms. The Morgan fingerprint density at radius 3 is 2.81 bits per heavy atom. The van der Waals surface area contributed by atoms with Gasteiger partial charge in [-0.05, 0) is 57.1 Å². The molecule has 1 atom stereocenters. The first-order valence-corrected chi connectivity index (χ1v) is 9.59. The second kappa shape index (κ2) is 6.97. The van der Waals surface area contributed by atoms with Gasteiger partial charge in [-0.3, -0.25) is 14.7 Å². The zero-order valence-electron chi connectivity index (χ0n) is 15.7. The number of piperidine rings is 1. The Labute approximate surface area is 155 Å². The van der Waals surface area contributed by atoms with E-state index in [0.717, 1.165) is 38.1 Å². The van der Waals surface area contributed by atoms with E-state index in [4.69, 9.17) is 0 Å². The summed E-state index contributed by atoms with van der Waals surface area (Å²) in [5, 5.41) is 4.41. The monoisotopic (exact) mass is 352 g/mol. The van der Waals surface area contributed by atoms with Gasteiger partial charge >= 0.3 is 0 Å². The van der Waals surface area contributed by atoms with Gasteiger partial charge in [-0.25, -0.2) is 0 Å². The van der Waals surface area contributed by atoms with Crippen LogP contribution in [0.25, 0.3) is 10.9 Å². The molecule has 26 heavy (non-hydrogen) atoms. The van der Waals surface area contributed by atoms with Crippen LogP contribution in [0.15, 0.2) is 36.5 Å². The third kappa shape index (κ3) is 3.33. The normalized spacial score (nSPS) is 23.5. The maximum absolute atomic E-state index is 11.6. The van der Waals surface area contributed by atoms with Crippen molar-refractivity contribution in [2.75, 3.05) is 26.7 Å². The summed E-state index contributed by atoms with van der Waals surface area (Å²) in [5.74, 6) is 0.0780. The summed E-state index contributed by atoms with van der Waals surface area (Å²) in [7, 11) is 2.20. The number of fused-ring (bicyclic) bond motifs is 1. The van der Waals surface area contributed by atoms with Gasteiger partial charge in [0.1, 0.15) is 0 Å². The number of amides is 1. The number of carbonyl (C=O) groups excluding carboxylic acids is 1. The van der Waals surface area contributed by atoms with Crippen LogP contribution in [0.3, 0.4) is 0 Å². The molecule has 2 aliphatic heterocycles. The van der Waals surface area contributed by atoms with Crippen LogP contribution in [-0.2, 0) is 11.3 Å². The molecule has 2 fully saturated rings. The number of carbonyl (C=O) groups is 1. The molecule has 138 valence electrons. The fraction of sp³-hybridized carbons (Fsp3) is 0.524. The van der Waals surface area contributed by atoms with Crippen molar-refractivity contribution in [2.45, 2.75) is 44.3 Å². The van der Waals surface area contributed by atoms with Crippen LogP contribution in [-0.4, -0.2) is 59.0 Å². The Balaban J connectivity index is 1.62. The fourth-order valence-electron chi connectivity index (χ4n) is 4.78. The molecule has 0 bridgehead atoms. The minimum Gasteiger partial charge on any atom is -0.352 e. The van der Waals surface area contributed by atoms with Crippen LogP contribution in [0, 0.1) is 0 Å². The summed E-state index contributed by atoms with van der Waals surface area (Å²) < 4.78 is 0. The lowest BCUT2D eigenvalue weighted by Gasteiger charge is -2.44. The van der Waals surface area contributed by atoms with Crippen molar-refractivity contribution in [1.29, 1.82) is 0 Å². The van der Waals surface area contributed by atoms with E-state index in [-0.39, 0.29) is 17.5 Å². The summed E-state index contributed by atoms with van der Waals surface area (Å²) >= 11 is 0. The zero-order chi connectivity index (χ0) is 18.1. The Morgan fingerprint density at radius 2 is 2.04 bits per heavy atom. The van der Waals surface area contributed by atoms with Crippen molar-refractivity contribution in [3.63, 3.8) is 0 Å². The number of nitrogens with one attached hydrogen (secondary N) is 1. The third-order valence-electron chi connectivity index (χ3n) is 6.16. The lowest BCUT2D eigenvalue weighted by atomic mass is 9.84. The Hall–Kier alpha value is -1.98. The molecule has 0 saturated carbocycles. The number of aromatic nitrogens is 1. The highest BCUT2D eigenvalue weighted by molar-refractivity contribution is 5.81. The van der Waals surface area contributed by atoms with Crippen LogP contribution < -0.4 is 5.32 Å². The van der Waals surface area contributed by atoms with Gasteiger partial charge in [0.25, 0.3) is 0 Å². The first kappa shape index (κ1) is 17.4. The highest BCUT2D eigenvalue weighted by Crippen LogP contribution is 2.39. The molecule has 2 aliphatic rings. The van der Waals surface area contributed by atoms with E-state index in [2.05, 4.69) is 51.4 Å². The number of benzene rings is 1. The van der Waals surface area contributed by atoms with Crippen LogP contribution in [0.1, 0.15) is 31.7 Å². The van der Waals surface area contributed by atoms with Crippen molar-refractivity contribution in [3.05, 3.63) is 42.1 Å². The highest BCUT2D eigenvalue weighted by Gasteiger charge is 2.46. The van der Waals surface area contributed by atoms with Gasteiger partial charge in [-0.1, -0.05) is 18.2 Å². The van der Waals surface area contributed by atoms with Gasteiger partial charge in [0.2, 0.25) is 5.91 Å². The minimum absolute atomic E-state index is 0.0780. The highest BCUT2D eigenvalue weighted by atomic mass is 16.1. The molecule has 0 aliphatic carbocycles. The molecule has 0 unspecified atom stereocenters. The number of pyridine rings is 1. The quantitative estimate of drug-likeness (QED) is 0.922. The molecule has 4 rings (SSSR count). The molecule has 2 aromatic rings. The second-order valence-electron chi connectivity index (χ2n) is 8.00. The number of nitrogens with zero attached hydrogens (tertiary/aromatic N) is 3. The molecule has 2 saturated heterocycles. The SMILES string of the molecule is CC(=O)N[C@H]1CN(Cc2ccnc3ccccc23)C2(CCN(C)CC2)C1. The van der Waals surface area contributed by atoms with Gasteiger partial charge in [0.05, 0.1) is 5.52 Å². The number of para-hydroxylation sites is 1. The van der Waals surface area contributed by atoms with Crippen LogP contribution in [0.4, 0.5) is 0 Å². The molecule has 5 nitrogen and oxygen atoms in total. The maximum atomic E-state index is 11.6. The van der Waals surface area contributed by atoms with E-state index in [1.54, 1.807) is 6.92 Å². The number of hydrogen-bond donors (Lipinski definition) is 1. The van der Waals surface area contributed by atoms with Crippen molar-refractivity contribution in [1.82, 2.24) is 20.1 Å². The average Bonchev–Trinajstić information content (AvgIpc) is 2.94. The molecule has 1 aromatic heterocycles. The smallest absolute Gasteiger partial charge is 0.217 e. The van der Waals surface area contributed by atoms with E-state index in [9.17, 15) is 4.79 Å². The van der Waals surface area contributed by atoms with Crippen molar-refractivity contribution >= 4 is 16.8 Å². The maximum Gasteiger partial charge on any atom is 0.217 e. The molecule has 1 spiro atoms. The zero-order valence-corrected chi connectivity index (χ0v) is 15.7. The molecular weight excluding hydrogens is 324 g/mol. The topological polar surface area (TPSA) is 48.5 Å².